The molecule has 26 heavy (non-hydrogen) atoms. The Morgan fingerprint density at radius 2 is 0.692 bits per heavy atom. The van der Waals surface area contributed by atoms with Crippen LogP contribution in [0.3, 0.4) is 0 Å². The maximum absolute atomic E-state index is 9.46. The van der Waals surface area contributed by atoms with E-state index in [1.54, 1.807) is 0 Å². The van der Waals surface area contributed by atoms with Gasteiger partial charge in [-0.05, 0) is 24.3 Å². The van der Waals surface area contributed by atoms with Crippen molar-refractivity contribution in [2.24, 2.45) is 0 Å². The van der Waals surface area contributed by atoms with Crippen molar-refractivity contribution in [1.29, 1.82) is 0 Å². The van der Waals surface area contributed by atoms with Crippen LogP contribution in [0.4, 0.5) is 0 Å². The summed E-state index contributed by atoms with van der Waals surface area (Å²) in [5.41, 5.74) is 0. The predicted molar refractivity (Wildman–Crippen MR) is 89.5 cm³/mol. The minimum absolute atomic E-state index is 0.111. The number of benzene rings is 3. The highest BCUT2D eigenvalue weighted by Gasteiger charge is 2.11. The van der Waals surface area contributed by atoms with Crippen LogP contribution in [-0.2, 0) is 0 Å². The van der Waals surface area contributed by atoms with Crippen LogP contribution in [0.2, 0.25) is 0 Å². The number of rotatable bonds is 4. The number of hydrogen-bond donors (Lipinski definition) is 6. The third-order valence-electron chi connectivity index (χ3n) is 3.38. The molecule has 3 aromatic carbocycles. The summed E-state index contributed by atoms with van der Waals surface area (Å²) in [7, 11) is 0. The first-order valence-corrected chi connectivity index (χ1v) is 7.29. The fourth-order valence-corrected chi connectivity index (χ4v) is 2.12. The lowest BCUT2D eigenvalue weighted by molar-refractivity contribution is 0.361. The van der Waals surface area contributed by atoms with Crippen LogP contribution in [0.5, 0.6) is 57.5 Å². The summed E-state index contributed by atoms with van der Waals surface area (Å²) in [5, 5.41) is 56.5. The van der Waals surface area contributed by atoms with E-state index in [1.165, 1.54) is 24.3 Å². The molecule has 0 radical (unpaired) electrons. The number of ether oxygens (including phenoxy) is 2. The first kappa shape index (κ1) is 16.9. The summed E-state index contributed by atoms with van der Waals surface area (Å²) in [4.78, 5) is 0. The van der Waals surface area contributed by atoms with E-state index in [4.69, 9.17) is 9.47 Å². The highest BCUT2D eigenvalue weighted by molar-refractivity contribution is 5.55. The Morgan fingerprint density at radius 3 is 0.962 bits per heavy atom. The summed E-state index contributed by atoms with van der Waals surface area (Å²) < 4.78 is 10.9. The minimum Gasteiger partial charge on any atom is -0.504 e. The lowest BCUT2D eigenvalue weighted by Gasteiger charge is -2.10. The maximum Gasteiger partial charge on any atom is 0.200 e. The van der Waals surface area contributed by atoms with E-state index in [1.807, 2.05) is 0 Å². The van der Waals surface area contributed by atoms with E-state index < -0.39 is 34.5 Å². The van der Waals surface area contributed by atoms with Gasteiger partial charge in [0.15, 0.2) is 23.0 Å². The molecular weight excluding hydrogens is 344 g/mol. The van der Waals surface area contributed by atoms with Gasteiger partial charge in [0.05, 0.1) is 0 Å². The molecule has 0 heterocycles. The van der Waals surface area contributed by atoms with Crippen molar-refractivity contribution in [3.05, 3.63) is 48.5 Å². The Morgan fingerprint density at radius 1 is 0.423 bits per heavy atom. The van der Waals surface area contributed by atoms with E-state index in [9.17, 15) is 30.6 Å². The van der Waals surface area contributed by atoms with Gasteiger partial charge in [-0.15, -0.1) is 0 Å². The van der Waals surface area contributed by atoms with Crippen molar-refractivity contribution >= 4 is 0 Å². The molecule has 0 saturated carbocycles. The zero-order valence-electron chi connectivity index (χ0n) is 13.1. The molecule has 0 aliphatic heterocycles. The molecule has 0 aliphatic carbocycles. The van der Waals surface area contributed by atoms with E-state index in [0.29, 0.717) is 11.5 Å². The smallest absolute Gasteiger partial charge is 0.200 e. The van der Waals surface area contributed by atoms with Gasteiger partial charge in [-0.3, -0.25) is 0 Å². The van der Waals surface area contributed by atoms with Gasteiger partial charge in [0.2, 0.25) is 11.5 Å². The SMILES string of the molecule is Oc1cc(Oc2ccc(Oc3cc(O)c(O)c(O)c3)cc2)cc(O)c1O. The summed E-state index contributed by atoms with van der Waals surface area (Å²) in [5.74, 6) is -2.42. The predicted octanol–water partition coefficient (Wildman–Crippen LogP) is 3.50. The molecule has 0 aromatic heterocycles. The standard InChI is InChI=1S/C18H14O8/c19-13-5-11(6-14(20)17(13)23)25-9-1-2-10(4-3-9)26-12-7-15(21)18(24)16(22)8-12/h1-8,19-24H. The zero-order valence-corrected chi connectivity index (χ0v) is 13.1. The highest BCUT2D eigenvalue weighted by Crippen LogP contribution is 2.41. The van der Waals surface area contributed by atoms with Gasteiger partial charge in [-0.1, -0.05) is 0 Å². The largest absolute Gasteiger partial charge is 0.504 e. The van der Waals surface area contributed by atoms with Crippen LogP contribution in [-0.4, -0.2) is 30.6 Å². The van der Waals surface area contributed by atoms with Gasteiger partial charge in [-0.25, -0.2) is 0 Å². The third-order valence-corrected chi connectivity index (χ3v) is 3.38. The molecular formula is C18H14O8. The van der Waals surface area contributed by atoms with Crippen molar-refractivity contribution in [1.82, 2.24) is 0 Å². The molecule has 3 rings (SSSR count). The molecule has 0 atom stereocenters. The molecule has 0 spiro atoms. The number of aromatic hydroxyl groups is 6. The molecule has 0 fully saturated rings. The Kier molecular flexibility index (Phi) is 4.24. The van der Waals surface area contributed by atoms with E-state index in [-0.39, 0.29) is 11.5 Å². The fourth-order valence-electron chi connectivity index (χ4n) is 2.12. The van der Waals surface area contributed by atoms with Gasteiger partial charge in [0.25, 0.3) is 0 Å². The summed E-state index contributed by atoms with van der Waals surface area (Å²) in [6, 6.07) is 10.7. The monoisotopic (exact) mass is 358 g/mol. The summed E-state index contributed by atoms with van der Waals surface area (Å²) >= 11 is 0. The Labute approximate surface area is 147 Å². The fraction of sp³-hybridized carbons (Fsp3) is 0. The van der Waals surface area contributed by atoms with Crippen LogP contribution in [0, 0.1) is 0 Å². The van der Waals surface area contributed by atoms with Crippen LogP contribution < -0.4 is 9.47 Å². The number of hydrogen-bond acceptors (Lipinski definition) is 8. The van der Waals surface area contributed by atoms with Gasteiger partial charge in [0, 0.05) is 24.3 Å². The molecule has 0 unspecified atom stereocenters. The maximum atomic E-state index is 9.46. The number of phenols is 6. The second-order valence-electron chi connectivity index (χ2n) is 5.30. The molecule has 0 saturated heterocycles. The molecule has 3 aromatic rings. The molecule has 8 nitrogen and oxygen atoms in total. The normalized spacial score (nSPS) is 10.5. The average molecular weight is 358 g/mol. The van der Waals surface area contributed by atoms with Crippen molar-refractivity contribution in [3.63, 3.8) is 0 Å². The van der Waals surface area contributed by atoms with E-state index >= 15 is 0 Å². The lowest BCUT2D eigenvalue weighted by atomic mass is 10.2. The van der Waals surface area contributed by atoms with E-state index in [2.05, 4.69) is 0 Å². The molecule has 8 heteroatoms. The summed E-state index contributed by atoms with van der Waals surface area (Å²) in [6.45, 7) is 0. The van der Waals surface area contributed by atoms with Gasteiger partial charge < -0.3 is 40.1 Å². The van der Waals surface area contributed by atoms with Crippen LogP contribution in [0.25, 0.3) is 0 Å². The Balaban J connectivity index is 1.75. The second kappa shape index (κ2) is 6.52. The first-order valence-electron chi connectivity index (χ1n) is 7.29. The van der Waals surface area contributed by atoms with Crippen molar-refractivity contribution < 1.29 is 40.1 Å². The van der Waals surface area contributed by atoms with Crippen molar-refractivity contribution in [3.8, 4) is 57.5 Å². The van der Waals surface area contributed by atoms with Crippen molar-refractivity contribution in [2.45, 2.75) is 0 Å². The molecule has 0 amide bonds. The quantitative estimate of drug-likeness (QED) is 0.389. The first-order chi connectivity index (χ1) is 12.3. The zero-order chi connectivity index (χ0) is 18.8. The van der Waals surface area contributed by atoms with Crippen LogP contribution >= 0.6 is 0 Å². The Bertz CT molecular complexity index is 825. The highest BCUT2D eigenvalue weighted by atomic mass is 16.5. The number of phenolic OH excluding ortho intramolecular Hbond substituents is 6. The van der Waals surface area contributed by atoms with Crippen LogP contribution in [0.1, 0.15) is 0 Å². The second-order valence-corrected chi connectivity index (χ2v) is 5.30. The average Bonchev–Trinajstić information content (AvgIpc) is 2.59. The molecule has 0 aliphatic rings. The molecule has 6 N–H and O–H groups in total. The van der Waals surface area contributed by atoms with E-state index in [0.717, 1.165) is 24.3 Å². The van der Waals surface area contributed by atoms with Gasteiger partial charge in [-0.2, -0.15) is 0 Å². The third kappa shape index (κ3) is 3.44. The lowest BCUT2D eigenvalue weighted by Crippen LogP contribution is -1.87. The summed E-state index contributed by atoms with van der Waals surface area (Å²) in [6.07, 6.45) is 0. The molecule has 134 valence electrons. The Hall–Kier alpha value is -3.94. The van der Waals surface area contributed by atoms with Crippen molar-refractivity contribution in [2.75, 3.05) is 0 Å². The molecule has 0 bridgehead atoms. The van der Waals surface area contributed by atoms with Gasteiger partial charge in [0.1, 0.15) is 23.0 Å². The van der Waals surface area contributed by atoms with Gasteiger partial charge >= 0.3 is 0 Å². The van der Waals surface area contributed by atoms with Crippen LogP contribution in [0.15, 0.2) is 48.5 Å². The topological polar surface area (TPSA) is 140 Å². The minimum atomic E-state index is -0.637.